The minimum atomic E-state index is -1.09. The first-order valence-corrected chi connectivity index (χ1v) is 4.17. The van der Waals surface area contributed by atoms with Crippen LogP contribution in [0.2, 0.25) is 5.02 Å². The van der Waals surface area contributed by atoms with Gasteiger partial charge in [-0.2, -0.15) is 0 Å². The van der Waals surface area contributed by atoms with Crippen LogP contribution in [0.3, 0.4) is 0 Å². The topological polar surface area (TPSA) is 106 Å². The van der Waals surface area contributed by atoms with Crippen LogP contribution in [0, 0.1) is 0 Å². The Bertz CT molecular complexity index is 525. The molecule has 7 heteroatoms. The van der Waals surface area contributed by atoms with Crippen LogP contribution >= 0.6 is 11.6 Å². The number of fused-ring (bicyclic) bond motifs is 1. The van der Waals surface area contributed by atoms with Crippen molar-refractivity contribution in [3.05, 3.63) is 29.0 Å². The van der Waals surface area contributed by atoms with Crippen LogP contribution in [0.4, 0.5) is 5.69 Å². The van der Waals surface area contributed by atoms with E-state index in [-0.39, 0.29) is 73.0 Å². The second kappa shape index (κ2) is 6.01. The van der Waals surface area contributed by atoms with Crippen molar-refractivity contribution in [2.45, 2.75) is 0 Å². The molecule has 0 aliphatic heterocycles. The van der Waals surface area contributed by atoms with Crippen LogP contribution in [0.5, 0.6) is 0 Å². The van der Waals surface area contributed by atoms with Crippen molar-refractivity contribution in [1.82, 2.24) is 0 Å². The van der Waals surface area contributed by atoms with E-state index < -0.39 is 5.97 Å². The third kappa shape index (κ3) is 2.59. The van der Waals surface area contributed by atoms with Crippen molar-refractivity contribution in [2.75, 3.05) is 5.73 Å². The molecule has 0 saturated carbocycles. The van der Waals surface area contributed by atoms with E-state index in [9.17, 15) is 4.79 Å². The number of hydrogen-bond donors (Lipinski definition) is 2. The van der Waals surface area contributed by atoms with E-state index in [0.29, 0.717) is 11.1 Å². The molecule has 0 aliphatic rings. The van der Waals surface area contributed by atoms with Crippen LogP contribution in [-0.2, 0) is 0 Å². The number of hydrogen-bond acceptors (Lipinski definition) is 4. The molecule has 0 spiro atoms. The van der Waals surface area contributed by atoms with Gasteiger partial charge in [0, 0.05) is 5.39 Å². The summed E-state index contributed by atoms with van der Waals surface area (Å²) >= 11 is 5.76. The fourth-order valence-corrected chi connectivity index (χ4v) is 1.50. The number of carbonyl (C=O) groups is 1. The summed E-state index contributed by atoms with van der Waals surface area (Å²) < 4.78 is 5.03. The van der Waals surface area contributed by atoms with Gasteiger partial charge in [-0.25, -0.2) is 4.79 Å². The maximum absolute atomic E-state index is 10.8. The molecule has 0 saturated heterocycles. The molecule has 0 fully saturated rings. The SMILES string of the molecule is Nc1c(Cl)cc(C(=O)O)c2occc12.[K+].[OH-]. The maximum Gasteiger partial charge on any atom is 1.00 e. The van der Waals surface area contributed by atoms with Gasteiger partial charge in [0.25, 0.3) is 0 Å². The number of carboxylic acid groups (broad SMARTS) is 1. The minimum absolute atomic E-state index is 0. The molecule has 0 atom stereocenters. The third-order valence-corrected chi connectivity index (χ3v) is 2.27. The molecule has 16 heavy (non-hydrogen) atoms. The third-order valence-electron chi connectivity index (χ3n) is 1.96. The number of nitrogens with two attached hydrogens (primary N) is 1. The molecule has 0 bridgehead atoms. The van der Waals surface area contributed by atoms with Gasteiger partial charge in [0.1, 0.15) is 5.56 Å². The van der Waals surface area contributed by atoms with Crippen LogP contribution in [0.1, 0.15) is 10.4 Å². The predicted octanol–water partition coefficient (Wildman–Crippen LogP) is -0.806. The average molecular weight is 268 g/mol. The molecule has 80 valence electrons. The van der Waals surface area contributed by atoms with Gasteiger partial charge in [-0.3, -0.25) is 0 Å². The summed E-state index contributed by atoms with van der Waals surface area (Å²) in [4.78, 5) is 10.8. The first-order valence-electron chi connectivity index (χ1n) is 3.79. The molecule has 0 unspecified atom stereocenters. The van der Waals surface area contributed by atoms with Crippen molar-refractivity contribution >= 4 is 34.2 Å². The molecule has 5 nitrogen and oxygen atoms in total. The van der Waals surface area contributed by atoms with Gasteiger partial charge in [-0.15, -0.1) is 0 Å². The molecule has 4 N–H and O–H groups in total. The van der Waals surface area contributed by atoms with Crippen LogP contribution in [0.15, 0.2) is 22.8 Å². The van der Waals surface area contributed by atoms with E-state index >= 15 is 0 Å². The number of aromatic carboxylic acids is 1. The molecule has 1 aromatic carbocycles. The van der Waals surface area contributed by atoms with E-state index in [1.807, 2.05) is 0 Å². The average Bonchev–Trinajstić information content (AvgIpc) is 2.59. The van der Waals surface area contributed by atoms with E-state index in [2.05, 4.69) is 0 Å². The van der Waals surface area contributed by atoms with Gasteiger partial charge in [-0.1, -0.05) is 11.6 Å². The Kier molecular flexibility index (Phi) is 5.98. The van der Waals surface area contributed by atoms with E-state index in [4.69, 9.17) is 26.9 Å². The van der Waals surface area contributed by atoms with Gasteiger partial charge in [0.05, 0.1) is 17.0 Å². The Morgan fingerprint density at radius 3 is 2.69 bits per heavy atom. The monoisotopic (exact) mass is 267 g/mol. The Hall–Kier alpha value is -0.0836. The molecule has 0 amide bonds. The fraction of sp³-hybridized carbons (Fsp3) is 0. The van der Waals surface area contributed by atoms with Crippen molar-refractivity contribution in [2.24, 2.45) is 0 Å². The first kappa shape index (κ1) is 15.9. The zero-order chi connectivity index (χ0) is 10.3. The Morgan fingerprint density at radius 2 is 2.12 bits per heavy atom. The number of benzene rings is 1. The van der Waals surface area contributed by atoms with E-state index in [0.717, 1.165) is 0 Å². The number of halogens is 1. The number of carboxylic acids is 1. The van der Waals surface area contributed by atoms with Gasteiger partial charge in [0.2, 0.25) is 0 Å². The molecule has 2 rings (SSSR count). The zero-order valence-corrected chi connectivity index (χ0v) is 12.3. The normalized spacial score (nSPS) is 9.31. The summed E-state index contributed by atoms with van der Waals surface area (Å²) in [6.07, 6.45) is 1.38. The smallest absolute Gasteiger partial charge is 0.870 e. The van der Waals surface area contributed by atoms with Crippen molar-refractivity contribution in [3.63, 3.8) is 0 Å². The summed E-state index contributed by atoms with van der Waals surface area (Å²) in [6.45, 7) is 0. The quantitative estimate of drug-likeness (QED) is 0.519. The Morgan fingerprint density at radius 1 is 1.50 bits per heavy atom. The summed E-state index contributed by atoms with van der Waals surface area (Å²) in [5, 5.41) is 9.60. The summed E-state index contributed by atoms with van der Waals surface area (Å²) in [5.41, 5.74) is 6.25. The fourth-order valence-electron chi connectivity index (χ4n) is 1.29. The predicted molar refractivity (Wildman–Crippen MR) is 54.5 cm³/mol. The number of rotatable bonds is 1. The molecule has 1 heterocycles. The van der Waals surface area contributed by atoms with Gasteiger partial charge in [0.15, 0.2) is 5.58 Å². The largest absolute Gasteiger partial charge is 1.00 e. The van der Waals surface area contributed by atoms with Crippen LogP contribution in [0.25, 0.3) is 11.0 Å². The maximum atomic E-state index is 10.8. The van der Waals surface area contributed by atoms with Crippen LogP contribution in [-0.4, -0.2) is 16.6 Å². The number of nitrogen functional groups attached to an aromatic ring is 1. The zero-order valence-electron chi connectivity index (χ0n) is 8.40. The number of anilines is 1. The second-order valence-electron chi connectivity index (χ2n) is 2.79. The van der Waals surface area contributed by atoms with Crippen molar-refractivity contribution in [1.29, 1.82) is 0 Å². The Labute approximate surface area is 138 Å². The summed E-state index contributed by atoms with van der Waals surface area (Å²) in [5.74, 6) is -1.09. The second-order valence-corrected chi connectivity index (χ2v) is 3.20. The summed E-state index contributed by atoms with van der Waals surface area (Å²) in [6, 6.07) is 2.87. The molecule has 1 aromatic heterocycles. The molecule has 0 radical (unpaired) electrons. The van der Waals surface area contributed by atoms with Gasteiger partial charge >= 0.3 is 57.4 Å². The van der Waals surface area contributed by atoms with Crippen molar-refractivity contribution in [3.8, 4) is 0 Å². The molecular formula is C9H7ClKNO4. The molecule has 0 aliphatic carbocycles. The van der Waals surface area contributed by atoms with E-state index in [1.54, 1.807) is 6.07 Å². The van der Waals surface area contributed by atoms with Gasteiger partial charge in [-0.05, 0) is 12.1 Å². The Balaban J connectivity index is 0.00000112. The molecular weight excluding hydrogens is 261 g/mol. The van der Waals surface area contributed by atoms with Gasteiger partial charge < -0.3 is 20.7 Å². The van der Waals surface area contributed by atoms with Crippen LogP contribution < -0.4 is 57.1 Å². The van der Waals surface area contributed by atoms with E-state index in [1.165, 1.54) is 12.3 Å². The number of furan rings is 1. The first-order chi connectivity index (χ1) is 6.61. The molecule has 2 aromatic rings. The van der Waals surface area contributed by atoms with Crippen molar-refractivity contribution < 1.29 is 71.2 Å². The minimum Gasteiger partial charge on any atom is -0.870 e. The summed E-state index contributed by atoms with van der Waals surface area (Å²) in [7, 11) is 0. The standard InChI is InChI=1S/C9H6ClNO3.K.H2O/c10-6-3-5(9(12)13)8-4(7(6)11)1-2-14-8;;/h1-3H,11H2,(H,12,13);;1H2/q;+1;/p-1.